The van der Waals surface area contributed by atoms with Crippen LogP contribution in [0.1, 0.15) is 43.4 Å². The zero-order valence-corrected chi connectivity index (χ0v) is 14.2. The highest BCUT2D eigenvalue weighted by atomic mass is 32.2. The van der Waals surface area contributed by atoms with Crippen molar-refractivity contribution in [2.75, 3.05) is 13.6 Å². The zero-order chi connectivity index (χ0) is 14.9. The third-order valence-electron chi connectivity index (χ3n) is 4.78. The molecule has 1 saturated heterocycles. The Labute approximate surface area is 131 Å². The predicted octanol–water partition coefficient (Wildman–Crippen LogP) is 2.81. The second-order valence-electron chi connectivity index (χ2n) is 6.15. The molecule has 1 saturated carbocycles. The van der Waals surface area contributed by atoms with E-state index in [1.54, 1.807) is 5.38 Å². The van der Waals surface area contributed by atoms with Crippen LogP contribution >= 0.6 is 11.3 Å². The second kappa shape index (κ2) is 6.36. The lowest BCUT2D eigenvalue weighted by molar-refractivity contribution is 0.129. The van der Waals surface area contributed by atoms with Crippen LogP contribution in [0.25, 0.3) is 0 Å². The topological polar surface area (TPSA) is 49.4 Å². The minimum Gasteiger partial charge on any atom is -0.315 e. The monoisotopic (exact) mass is 328 g/mol. The minimum atomic E-state index is -3.31. The molecule has 4 nitrogen and oxygen atoms in total. The van der Waals surface area contributed by atoms with Gasteiger partial charge in [0, 0.05) is 29.4 Å². The first kappa shape index (κ1) is 15.5. The van der Waals surface area contributed by atoms with E-state index in [0.717, 1.165) is 24.3 Å². The molecular weight excluding hydrogens is 304 g/mol. The number of hydrogen-bond acceptors (Lipinski definition) is 4. The maximum atomic E-state index is 13.0. The summed E-state index contributed by atoms with van der Waals surface area (Å²) in [5.74, 6) is 0.581. The molecule has 1 aromatic rings. The van der Waals surface area contributed by atoms with Crippen molar-refractivity contribution in [2.24, 2.45) is 5.92 Å². The van der Waals surface area contributed by atoms with E-state index in [9.17, 15) is 8.42 Å². The molecule has 1 aliphatic heterocycles. The maximum Gasteiger partial charge on any atom is 0.244 e. The van der Waals surface area contributed by atoms with E-state index in [0.29, 0.717) is 17.4 Å². The number of sulfonamides is 1. The molecule has 2 aliphatic rings. The van der Waals surface area contributed by atoms with Crippen LogP contribution in [-0.2, 0) is 16.6 Å². The average molecular weight is 329 g/mol. The van der Waals surface area contributed by atoms with E-state index in [1.807, 2.05) is 17.4 Å². The molecule has 0 spiro atoms. The van der Waals surface area contributed by atoms with Crippen molar-refractivity contribution in [3.8, 4) is 0 Å². The van der Waals surface area contributed by atoms with E-state index in [1.165, 1.54) is 37.0 Å². The maximum absolute atomic E-state index is 13.0. The number of rotatable bonds is 4. The molecule has 1 N–H and O–H groups in total. The van der Waals surface area contributed by atoms with Gasteiger partial charge in [-0.05, 0) is 44.7 Å². The molecule has 2 heterocycles. The number of fused-ring (bicyclic) bond motifs is 1. The SMILES string of the molecule is CNCc1cc(S(=O)(=O)N2CCCC3CCCCC32)cs1. The third kappa shape index (κ3) is 3.04. The predicted molar refractivity (Wildman–Crippen MR) is 86.0 cm³/mol. The first-order valence-corrected chi connectivity index (χ1v) is 10.2. The molecule has 6 heteroatoms. The number of thiophene rings is 1. The van der Waals surface area contributed by atoms with Crippen molar-refractivity contribution in [3.05, 3.63) is 16.3 Å². The quantitative estimate of drug-likeness (QED) is 0.924. The molecule has 0 radical (unpaired) electrons. The molecule has 21 heavy (non-hydrogen) atoms. The van der Waals surface area contributed by atoms with Crippen LogP contribution in [0, 0.1) is 5.92 Å². The summed E-state index contributed by atoms with van der Waals surface area (Å²) in [6.45, 7) is 1.42. The van der Waals surface area contributed by atoms with Crippen molar-refractivity contribution in [1.82, 2.24) is 9.62 Å². The summed E-state index contributed by atoms with van der Waals surface area (Å²) >= 11 is 1.53. The second-order valence-corrected chi connectivity index (χ2v) is 9.04. The van der Waals surface area contributed by atoms with E-state index in [4.69, 9.17) is 0 Å². The highest BCUT2D eigenvalue weighted by Crippen LogP contribution is 2.38. The summed E-state index contributed by atoms with van der Waals surface area (Å²) in [6, 6.07) is 2.08. The normalized spacial score (nSPS) is 27.5. The van der Waals surface area contributed by atoms with Gasteiger partial charge in [0.15, 0.2) is 0 Å². The van der Waals surface area contributed by atoms with Gasteiger partial charge in [0.25, 0.3) is 0 Å². The third-order valence-corrected chi connectivity index (χ3v) is 7.77. The smallest absolute Gasteiger partial charge is 0.244 e. The Morgan fingerprint density at radius 1 is 1.29 bits per heavy atom. The van der Waals surface area contributed by atoms with Gasteiger partial charge in [0.1, 0.15) is 0 Å². The van der Waals surface area contributed by atoms with Crippen LogP contribution in [-0.4, -0.2) is 32.4 Å². The highest BCUT2D eigenvalue weighted by molar-refractivity contribution is 7.89. The molecule has 2 unspecified atom stereocenters. The van der Waals surface area contributed by atoms with Crippen LogP contribution in [0.15, 0.2) is 16.3 Å². The van der Waals surface area contributed by atoms with E-state index in [-0.39, 0.29) is 6.04 Å². The standard InChI is InChI=1S/C15H24N2O2S2/c1-16-10-13-9-14(11-20-13)21(18,19)17-8-4-6-12-5-2-3-7-15(12)17/h9,11-12,15-16H,2-8,10H2,1H3. The molecule has 2 fully saturated rings. The lowest BCUT2D eigenvalue weighted by atomic mass is 9.79. The summed E-state index contributed by atoms with van der Waals surface area (Å²) in [4.78, 5) is 1.57. The van der Waals surface area contributed by atoms with Gasteiger partial charge >= 0.3 is 0 Å². The molecule has 3 rings (SSSR count). The highest BCUT2D eigenvalue weighted by Gasteiger charge is 2.40. The van der Waals surface area contributed by atoms with Crippen molar-refractivity contribution in [3.63, 3.8) is 0 Å². The van der Waals surface area contributed by atoms with Gasteiger partial charge in [-0.3, -0.25) is 0 Å². The lowest BCUT2D eigenvalue weighted by Gasteiger charge is -2.42. The Balaban J connectivity index is 1.85. The fraction of sp³-hybridized carbons (Fsp3) is 0.733. The molecule has 0 aromatic carbocycles. The van der Waals surface area contributed by atoms with Gasteiger partial charge in [-0.2, -0.15) is 4.31 Å². The Morgan fingerprint density at radius 3 is 2.86 bits per heavy atom. The largest absolute Gasteiger partial charge is 0.315 e. The van der Waals surface area contributed by atoms with Gasteiger partial charge in [-0.15, -0.1) is 11.3 Å². The summed E-state index contributed by atoms with van der Waals surface area (Å²) < 4.78 is 27.8. The Hall–Kier alpha value is -0.430. The Kier molecular flexibility index (Phi) is 4.69. The number of piperidine rings is 1. The van der Waals surface area contributed by atoms with Crippen molar-refractivity contribution in [2.45, 2.75) is 56.0 Å². The Morgan fingerprint density at radius 2 is 2.05 bits per heavy atom. The van der Waals surface area contributed by atoms with Gasteiger partial charge in [-0.25, -0.2) is 8.42 Å². The van der Waals surface area contributed by atoms with Gasteiger partial charge in [0.2, 0.25) is 10.0 Å². The van der Waals surface area contributed by atoms with E-state index in [2.05, 4.69) is 5.32 Å². The molecule has 0 bridgehead atoms. The summed E-state index contributed by atoms with van der Waals surface area (Å²) in [6.07, 6.45) is 6.88. The van der Waals surface area contributed by atoms with Gasteiger partial charge < -0.3 is 5.32 Å². The molecule has 1 aliphatic carbocycles. The average Bonchev–Trinajstić information content (AvgIpc) is 2.96. The van der Waals surface area contributed by atoms with Crippen molar-refractivity contribution < 1.29 is 8.42 Å². The van der Waals surface area contributed by atoms with Crippen molar-refractivity contribution >= 4 is 21.4 Å². The van der Waals surface area contributed by atoms with E-state index < -0.39 is 10.0 Å². The van der Waals surface area contributed by atoms with Gasteiger partial charge in [-0.1, -0.05) is 12.8 Å². The number of nitrogens with one attached hydrogen (secondary N) is 1. The fourth-order valence-corrected chi connectivity index (χ4v) is 6.80. The summed E-state index contributed by atoms with van der Waals surface area (Å²) in [5, 5.41) is 4.88. The molecule has 0 amide bonds. The first-order valence-electron chi connectivity index (χ1n) is 7.87. The van der Waals surface area contributed by atoms with Crippen LogP contribution < -0.4 is 5.32 Å². The fourth-order valence-electron chi connectivity index (χ4n) is 3.78. The Bertz CT molecular complexity index is 580. The molecule has 1 aromatic heterocycles. The molecule has 2 atom stereocenters. The first-order chi connectivity index (χ1) is 10.1. The summed E-state index contributed by atoms with van der Waals surface area (Å²) in [5.41, 5.74) is 0. The zero-order valence-electron chi connectivity index (χ0n) is 12.5. The van der Waals surface area contributed by atoms with Crippen LogP contribution in [0.5, 0.6) is 0 Å². The number of nitrogens with zero attached hydrogens (tertiary/aromatic N) is 1. The van der Waals surface area contributed by atoms with Crippen LogP contribution in [0.2, 0.25) is 0 Å². The van der Waals surface area contributed by atoms with Crippen LogP contribution in [0.3, 0.4) is 0 Å². The van der Waals surface area contributed by atoms with E-state index >= 15 is 0 Å². The lowest BCUT2D eigenvalue weighted by Crippen LogP contribution is -2.49. The summed E-state index contributed by atoms with van der Waals surface area (Å²) in [7, 11) is -1.43. The van der Waals surface area contributed by atoms with Crippen molar-refractivity contribution in [1.29, 1.82) is 0 Å². The molecular formula is C15H24N2O2S2. The molecule has 118 valence electrons. The van der Waals surface area contributed by atoms with Crippen LogP contribution in [0.4, 0.5) is 0 Å². The minimum absolute atomic E-state index is 0.241. The number of hydrogen-bond donors (Lipinski definition) is 1. The van der Waals surface area contributed by atoms with Gasteiger partial charge in [0.05, 0.1) is 4.90 Å².